The molecule has 116 valence electrons. The van der Waals surface area contributed by atoms with Crippen molar-refractivity contribution in [3.8, 4) is 0 Å². The zero-order valence-corrected chi connectivity index (χ0v) is 13.2. The number of alkyl halides is 2. The first-order valence-corrected chi connectivity index (χ1v) is 7.76. The Bertz CT molecular complexity index is 669. The second kappa shape index (κ2) is 5.70. The molecule has 0 unspecified atom stereocenters. The quantitative estimate of drug-likeness (QED) is 0.681. The van der Waals surface area contributed by atoms with Gasteiger partial charge in [0.05, 0.1) is 16.6 Å². The molecule has 5 heteroatoms. The number of hydrogen-bond donors (Lipinski definition) is 0. The average molecular weight is 371 g/mol. The highest BCUT2D eigenvalue weighted by atomic mass is 79.9. The maximum Gasteiger partial charge on any atom is 0.304 e. The van der Waals surface area contributed by atoms with Gasteiger partial charge in [-0.05, 0) is 46.5 Å². The van der Waals surface area contributed by atoms with E-state index in [4.69, 9.17) is 4.74 Å². The van der Waals surface area contributed by atoms with E-state index in [9.17, 15) is 13.2 Å². The number of rotatable bonds is 5. The van der Waals surface area contributed by atoms with Crippen LogP contribution in [0.25, 0.3) is 0 Å². The van der Waals surface area contributed by atoms with Crippen LogP contribution in [0.15, 0.2) is 53.0 Å². The first kappa shape index (κ1) is 15.6. The standard InChI is InChI=1S/C17H14BrF3O/c18-14-8-4-7-13(15(14)19)17(20,21)16(9-10-16)22-11-12-5-2-1-3-6-12/h1-8H,9-11H2. The summed E-state index contributed by atoms with van der Waals surface area (Å²) >= 11 is 2.95. The van der Waals surface area contributed by atoms with Gasteiger partial charge in [-0.25, -0.2) is 4.39 Å². The topological polar surface area (TPSA) is 9.23 Å². The van der Waals surface area contributed by atoms with Crippen LogP contribution in [-0.4, -0.2) is 5.60 Å². The minimum Gasteiger partial charge on any atom is -0.364 e. The van der Waals surface area contributed by atoms with Crippen LogP contribution in [0.3, 0.4) is 0 Å². The Morgan fingerprint density at radius 2 is 1.73 bits per heavy atom. The molecule has 0 saturated heterocycles. The van der Waals surface area contributed by atoms with Crippen LogP contribution in [0, 0.1) is 5.82 Å². The predicted molar refractivity (Wildman–Crippen MR) is 81.2 cm³/mol. The minimum absolute atomic E-state index is 0.0311. The van der Waals surface area contributed by atoms with Crippen molar-refractivity contribution in [3.05, 3.63) is 69.9 Å². The molecule has 22 heavy (non-hydrogen) atoms. The van der Waals surface area contributed by atoms with E-state index in [0.717, 1.165) is 11.6 Å². The molecule has 0 aliphatic heterocycles. The third-order valence-corrected chi connectivity index (χ3v) is 4.54. The van der Waals surface area contributed by atoms with Gasteiger partial charge in [0.1, 0.15) is 11.4 Å². The molecule has 0 amide bonds. The van der Waals surface area contributed by atoms with Gasteiger partial charge >= 0.3 is 5.92 Å². The van der Waals surface area contributed by atoms with E-state index in [0.29, 0.717) is 0 Å². The Morgan fingerprint density at radius 3 is 2.36 bits per heavy atom. The lowest BCUT2D eigenvalue weighted by atomic mass is 10.0. The Morgan fingerprint density at radius 1 is 1.05 bits per heavy atom. The van der Waals surface area contributed by atoms with Crippen molar-refractivity contribution in [2.75, 3.05) is 0 Å². The number of ether oxygens (including phenoxy) is 1. The highest BCUT2D eigenvalue weighted by molar-refractivity contribution is 9.10. The van der Waals surface area contributed by atoms with E-state index < -0.39 is 22.9 Å². The third kappa shape index (κ3) is 2.68. The molecule has 1 fully saturated rings. The van der Waals surface area contributed by atoms with Gasteiger partial charge in [0.15, 0.2) is 0 Å². The number of benzene rings is 2. The summed E-state index contributed by atoms with van der Waals surface area (Å²) in [6.07, 6.45) is 0.442. The van der Waals surface area contributed by atoms with Gasteiger partial charge in [-0.2, -0.15) is 8.78 Å². The van der Waals surface area contributed by atoms with E-state index >= 15 is 0 Å². The fourth-order valence-electron chi connectivity index (χ4n) is 2.45. The summed E-state index contributed by atoms with van der Waals surface area (Å²) in [5.41, 5.74) is -1.41. The van der Waals surface area contributed by atoms with Crippen LogP contribution >= 0.6 is 15.9 Å². The van der Waals surface area contributed by atoms with Crippen molar-refractivity contribution in [1.82, 2.24) is 0 Å². The Kier molecular flexibility index (Phi) is 4.03. The van der Waals surface area contributed by atoms with Gasteiger partial charge in [0.2, 0.25) is 0 Å². The molecule has 2 aromatic rings. The van der Waals surface area contributed by atoms with Gasteiger partial charge in [-0.3, -0.25) is 0 Å². The lowest BCUT2D eigenvalue weighted by Crippen LogP contribution is -2.36. The Labute approximate surface area is 135 Å². The summed E-state index contributed by atoms with van der Waals surface area (Å²) in [5.74, 6) is -4.29. The van der Waals surface area contributed by atoms with Crippen molar-refractivity contribution in [2.24, 2.45) is 0 Å². The fourth-order valence-corrected chi connectivity index (χ4v) is 2.82. The minimum atomic E-state index is -3.37. The van der Waals surface area contributed by atoms with Crippen molar-refractivity contribution in [3.63, 3.8) is 0 Å². The van der Waals surface area contributed by atoms with E-state index in [2.05, 4.69) is 15.9 Å². The molecule has 1 saturated carbocycles. The normalized spacial score (nSPS) is 16.5. The van der Waals surface area contributed by atoms with Crippen LogP contribution in [-0.2, 0) is 17.3 Å². The molecule has 0 atom stereocenters. The van der Waals surface area contributed by atoms with Crippen molar-refractivity contribution >= 4 is 15.9 Å². The number of hydrogen-bond acceptors (Lipinski definition) is 1. The molecule has 0 heterocycles. The lowest BCUT2D eigenvalue weighted by molar-refractivity contribution is -0.169. The zero-order chi connectivity index (χ0) is 15.8. The van der Waals surface area contributed by atoms with E-state index in [1.165, 1.54) is 12.1 Å². The van der Waals surface area contributed by atoms with Crippen molar-refractivity contribution in [1.29, 1.82) is 0 Å². The summed E-state index contributed by atoms with van der Waals surface area (Å²) in [6.45, 7) is 0.0893. The molecular formula is C17H14BrF3O. The molecule has 0 N–H and O–H groups in total. The summed E-state index contributed by atoms with van der Waals surface area (Å²) in [5, 5.41) is 0. The molecule has 0 radical (unpaired) electrons. The molecule has 0 spiro atoms. The molecule has 1 nitrogen and oxygen atoms in total. The summed E-state index contributed by atoms with van der Waals surface area (Å²) < 4.78 is 49.1. The summed E-state index contributed by atoms with van der Waals surface area (Å²) in [6, 6.07) is 13.0. The highest BCUT2D eigenvalue weighted by Crippen LogP contribution is 2.57. The molecule has 2 aromatic carbocycles. The highest BCUT2D eigenvalue weighted by Gasteiger charge is 2.65. The smallest absolute Gasteiger partial charge is 0.304 e. The van der Waals surface area contributed by atoms with Gasteiger partial charge < -0.3 is 4.74 Å². The van der Waals surface area contributed by atoms with Gasteiger partial charge in [0, 0.05) is 0 Å². The molecule has 0 aromatic heterocycles. The predicted octanol–water partition coefficient (Wildman–Crippen LogP) is 5.43. The van der Waals surface area contributed by atoms with E-state index in [1.54, 1.807) is 0 Å². The first-order valence-electron chi connectivity index (χ1n) is 6.96. The zero-order valence-electron chi connectivity index (χ0n) is 11.7. The molecule has 3 rings (SSSR count). The Balaban J connectivity index is 1.83. The van der Waals surface area contributed by atoms with Crippen LogP contribution in [0.2, 0.25) is 0 Å². The molecule has 1 aliphatic rings. The third-order valence-electron chi connectivity index (χ3n) is 3.92. The van der Waals surface area contributed by atoms with E-state index in [-0.39, 0.29) is 23.9 Å². The monoisotopic (exact) mass is 370 g/mol. The van der Waals surface area contributed by atoms with Crippen molar-refractivity contribution in [2.45, 2.75) is 31.0 Å². The van der Waals surface area contributed by atoms with Crippen LogP contribution in [0.4, 0.5) is 13.2 Å². The molecular weight excluding hydrogens is 357 g/mol. The summed E-state index contributed by atoms with van der Waals surface area (Å²) in [4.78, 5) is 0. The van der Waals surface area contributed by atoms with E-state index in [1.807, 2.05) is 30.3 Å². The number of halogens is 4. The largest absolute Gasteiger partial charge is 0.364 e. The summed E-state index contributed by atoms with van der Waals surface area (Å²) in [7, 11) is 0. The maximum absolute atomic E-state index is 14.8. The SMILES string of the molecule is Fc1c(Br)cccc1C(F)(F)C1(OCc2ccccc2)CC1. The first-order chi connectivity index (χ1) is 10.5. The van der Waals surface area contributed by atoms with Crippen LogP contribution in [0.1, 0.15) is 24.0 Å². The Hall–Kier alpha value is -1.33. The maximum atomic E-state index is 14.8. The fraction of sp³-hybridized carbons (Fsp3) is 0.294. The molecule has 0 bridgehead atoms. The van der Waals surface area contributed by atoms with Crippen LogP contribution < -0.4 is 0 Å². The van der Waals surface area contributed by atoms with Crippen LogP contribution in [0.5, 0.6) is 0 Å². The van der Waals surface area contributed by atoms with Gasteiger partial charge in [0.25, 0.3) is 0 Å². The van der Waals surface area contributed by atoms with Crippen molar-refractivity contribution < 1.29 is 17.9 Å². The van der Waals surface area contributed by atoms with Gasteiger partial charge in [-0.15, -0.1) is 0 Å². The van der Waals surface area contributed by atoms with Gasteiger partial charge in [-0.1, -0.05) is 36.4 Å². The second-order valence-corrected chi connectivity index (χ2v) is 6.30. The second-order valence-electron chi connectivity index (χ2n) is 5.44. The lowest BCUT2D eigenvalue weighted by Gasteiger charge is -2.28. The molecule has 1 aliphatic carbocycles. The average Bonchev–Trinajstić information content (AvgIpc) is 3.30.